The van der Waals surface area contributed by atoms with Crippen molar-refractivity contribution >= 4 is 40.3 Å². The fraction of sp³-hybridized carbons (Fsp3) is 0.484. The first-order chi connectivity index (χ1) is 18.7. The molecule has 0 radical (unpaired) electrons. The van der Waals surface area contributed by atoms with Gasteiger partial charge in [-0.15, -0.1) is 0 Å². The Bertz CT molecular complexity index is 1060. The van der Waals surface area contributed by atoms with Crippen LogP contribution in [0.3, 0.4) is 0 Å². The molecule has 0 aliphatic heterocycles. The van der Waals surface area contributed by atoms with E-state index in [1.807, 2.05) is 48.0 Å². The molecule has 0 bridgehead atoms. The number of nitrogens with zero attached hydrogens (tertiary/aromatic N) is 1. The van der Waals surface area contributed by atoms with Crippen molar-refractivity contribution in [1.29, 1.82) is 0 Å². The molecule has 2 aromatic carbocycles. The average molecular weight is 557 g/mol. The van der Waals surface area contributed by atoms with Crippen LogP contribution in [0.15, 0.2) is 59.6 Å². The molecule has 0 fully saturated rings. The Labute approximate surface area is 237 Å². The maximum Gasteiger partial charge on any atom is 0.323 e. The number of para-hydroxylation sites is 1. The summed E-state index contributed by atoms with van der Waals surface area (Å²) in [5, 5.41) is 8.32. The fourth-order valence-corrected chi connectivity index (χ4v) is 5.24. The number of amides is 2. The molecule has 206 valence electrons. The average Bonchev–Trinajstić information content (AvgIpc) is 3.42. The maximum atomic E-state index is 12.7. The molecule has 0 aliphatic carbocycles. The lowest BCUT2D eigenvalue weighted by atomic mass is 10.1. The number of halogens is 1. The molecular formula is C31H43ClN3O2S+. The quantitative estimate of drug-likeness (QED) is 0.121. The molecule has 5 nitrogen and oxygen atoms in total. The lowest BCUT2D eigenvalue weighted by Crippen LogP contribution is -2.30. The van der Waals surface area contributed by atoms with Crippen molar-refractivity contribution in [3.63, 3.8) is 0 Å². The van der Waals surface area contributed by atoms with E-state index in [4.69, 9.17) is 16.3 Å². The molecule has 2 N–H and O–H groups in total. The summed E-state index contributed by atoms with van der Waals surface area (Å²) in [5.74, 6) is 0.524. The van der Waals surface area contributed by atoms with Crippen molar-refractivity contribution in [2.45, 2.75) is 90.5 Å². The fourth-order valence-electron chi connectivity index (χ4n) is 4.41. The summed E-state index contributed by atoms with van der Waals surface area (Å²) in [6.45, 7) is 3.65. The molecule has 0 saturated carbocycles. The van der Waals surface area contributed by atoms with E-state index in [2.05, 4.69) is 27.6 Å². The predicted octanol–water partition coefficient (Wildman–Crippen LogP) is 9.46. The minimum absolute atomic E-state index is 0.331. The number of hydrogen-bond donors (Lipinski definition) is 2. The van der Waals surface area contributed by atoms with E-state index in [9.17, 15) is 4.79 Å². The second-order valence-electron chi connectivity index (χ2n) is 9.83. The number of anilines is 2. The van der Waals surface area contributed by atoms with E-state index >= 15 is 0 Å². The van der Waals surface area contributed by atoms with Crippen LogP contribution in [0.5, 0.6) is 5.75 Å². The largest absolute Gasteiger partial charge is 0.490 e. The Morgan fingerprint density at radius 2 is 1.53 bits per heavy atom. The van der Waals surface area contributed by atoms with Crippen LogP contribution < -0.4 is 19.9 Å². The molecule has 3 rings (SSSR count). The molecule has 38 heavy (non-hydrogen) atoms. The number of unbranched alkanes of at least 4 members (excludes halogenated alkanes) is 11. The molecular weight excluding hydrogens is 514 g/mol. The van der Waals surface area contributed by atoms with E-state index in [1.54, 1.807) is 17.4 Å². The molecule has 7 heteroatoms. The van der Waals surface area contributed by atoms with E-state index in [1.165, 1.54) is 69.8 Å². The van der Waals surface area contributed by atoms with Crippen LogP contribution in [0, 0.1) is 0 Å². The first-order valence-electron chi connectivity index (χ1n) is 14.1. The van der Waals surface area contributed by atoms with E-state index in [0.717, 1.165) is 25.1 Å². The highest BCUT2D eigenvalue weighted by Gasteiger charge is 2.12. The third kappa shape index (κ3) is 11.4. The standard InChI is InChI=1S/C31H42ClN3O2S/c1-2-3-4-5-6-7-8-9-10-11-12-13-22-37-30-28(32)15-14-16-29(30)34-31(36)33-27-19-17-26(18-20-27)24-35-21-23-38-25-35/h14-21,23,25H,2-13,22,24H2,1H3,(H-,33,34,36)/p+1. The summed E-state index contributed by atoms with van der Waals surface area (Å²) in [6, 6.07) is 12.9. The van der Waals surface area contributed by atoms with Gasteiger partial charge in [0.2, 0.25) is 5.51 Å². The van der Waals surface area contributed by atoms with Gasteiger partial charge in [-0.25, -0.2) is 4.79 Å². The van der Waals surface area contributed by atoms with Gasteiger partial charge in [-0.2, -0.15) is 4.57 Å². The van der Waals surface area contributed by atoms with Gasteiger partial charge in [0.15, 0.2) is 18.5 Å². The van der Waals surface area contributed by atoms with Crippen LogP contribution in [0.2, 0.25) is 5.02 Å². The van der Waals surface area contributed by atoms with Gasteiger partial charge in [0.25, 0.3) is 0 Å². The summed E-state index contributed by atoms with van der Waals surface area (Å²) in [4.78, 5) is 12.7. The zero-order chi connectivity index (χ0) is 26.8. The summed E-state index contributed by atoms with van der Waals surface area (Å²) in [6.07, 6.45) is 17.6. The number of rotatable bonds is 18. The number of carbonyl (C=O) groups excluding carboxylic acids is 1. The minimum atomic E-state index is -0.331. The number of benzene rings is 2. The number of urea groups is 1. The van der Waals surface area contributed by atoms with Crippen LogP contribution in [-0.4, -0.2) is 12.6 Å². The number of nitrogens with one attached hydrogen (secondary N) is 2. The molecule has 0 spiro atoms. The van der Waals surface area contributed by atoms with E-state index in [-0.39, 0.29) is 6.03 Å². The highest BCUT2D eigenvalue weighted by atomic mass is 35.5. The Balaban J connectivity index is 1.34. The van der Waals surface area contributed by atoms with E-state index < -0.39 is 0 Å². The van der Waals surface area contributed by atoms with Gasteiger partial charge in [0, 0.05) is 11.3 Å². The van der Waals surface area contributed by atoms with Crippen molar-refractivity contribution in [2.24, 2.45) is 0 Å². The molecule has 3 aromatic rings. The van der Waals surface area contributed by atoms with Gasteiger partial charge in [0.05, 0.1) is 22.7 Å². The summed E-state index contributed by atoms with van der Waals surface area (Å²) in [5.41, 5.74) is 4.53. The smallest absolute Gasteiger partial charge is 0.323 e. The number of thiazole rings is 1. The second kappa shape index (κ2) is 17.8. The van der Waals surface area contributed by atoms with Crippen LogP contribution in [-0.2, 0) is 6.54 Å². The maximum absolute atomic E-state index is 12.7. The van der Waals surface area contributed by atoms with Crippen LogP contribution in [0.1, 0.15) is 89.5 Å². The van der Waals surface area contributed by atoms with Crippen molar-refractivity contribution in [3.05, 3.63) is 70.1 Å². The highest BCUT2D eigenvalue weighted by Crippen LogP contribution is 2.33. The van der Waals surface area contributed by atoms with Crippen molar-refractivity contribution < 1.29 is 14.1 Å². The topological polar surface area (TPSA) is 54.2 Å². The van der Waals surface area contributed by atoms with Gasteiger partial charge in [-0.3, -0.25) is 0 Å². The summed E-state index contributed by atoms with van der Waals surface area (Å²) < 4.78 is 8.12. The second-order valence-corrected chi connectivity index (χ2v) is 11.0. The number of hydrogen-bond acceptors (Lipinski definition) is 3. The van der Waals surface area contributed by atoms with Crippen LogP contribution in [0.25, 0.3) is 0 Å². The monoisotopic (exact) mass is 556 g/mol. The van der Waals surface area contributed by atoms with E-state index in [0.29, 0.717) is 23.1 Å². The summed E-state index contributed by atoms with van der Waals surface area (Å²) >= 11 is 8.07. The molecule has 2 amide bonds. The zero-order valence-corrected chi connectivity index (χ0v) is 24.3. The van der Waals surface area contributed by atoms with Gasteiger partial charge in [-0.1, -0.05) is 119 Å². The zero-order valence-electron chi connectivity index (χ0n) is 22.7. The van der Waals surface area contributed by atoms with Gasteiger partial charge in [-0.05, 0) is 30.7 Å². The lowest BCUT2D eigenvalue weighted by Gasteiger charge is -2.14. The Morgan fingerprint density at radius 1 is 0.868 bits per heavy atom. The lowest BCUT2D eigenvalue weighted by molar-refractivity contribution is -0.683. The number of aromatic nitrogens is 1. The Hall–Kier alpha value is -2.57. The van der Waals surface area contributed by atoms with Gasteiger partial charge < -0.3 is 15.4 Å². The highest BCUT2D eigenvalue weighted by molar-refractivity contribution is 7.07. The van der Waals surface area contributed by atoms with Crippen molar-refractivity contribution in [3.8, 4) is 5.75 Å². The first-order valence-corrected chi connectivity index (χ1v) is 15.5. The van der Waals surface area contributed by atoms with Crippen LogP contribution >= 0.6 is 22.9 Å². The predicted molar refractivity (Wildman–Crippen MR) is 161 cm³/mol. The Kier molecular flexibility index (Phi) is 14.1. The Morgan fingerprint density at radius 3 is 2.16 bits per heavy atom. The SMILES string of the molecule is CCCCCCCCCCCCCCOc1c(Cl)cccc1NC(=O)Nc1ccc(C[n+]2ccsc2)cc1. The third-order valence-electron chi connectivity index (χ3n) is 6.56. The molecule has 1 heterocycles. The number of carbonyl (C=O) groups is 1. The molecule has 1 aromatic heterocycles. The van der Waals surface area contributed by atoms with Crippen molar-refractivity contribution in [1.82, 2.24) is 0 Å². The van der Waals surface area contributed by atoms with Crippen LogP contribution in [0.4, 0.5) is 16.2 Å². The van der Waals surface area contributed by atoms with Gasteiger partial charge in [0.1, 0.15) is 0 Å². The molecule has 0 aliphatic rings. The van der Waals surface area contributed by atoms with Crippen molar-refractivity contribution in [2.75, 3.05) is 17.2 Å². The molecule has 0 saturated heterocycles. The normalized spacial score (nSPS) is 10.9. The minimum Gasteiger partial charge on any atom is -0.490 e. The first kappa shape index (κ1) is 30.0. The van der Waals surface area contributed by atoms with Gasteiger partial charge >= 0.3 is 6.03 Å². The summed E-state index contributed by atoms with van der Waals surface area (Å²) in [7, 11) is 0. The third-order valence-corrected chi connectivity index (χ3v) is 7.53. The molecule has 0 unspecified atom stereocenters. The molecule has 0 atom stereocenters. The number of ether oxygens (including phenoxy) is 1.